The van der Waals surface area contributed by atoms with Crippen molar-refractivity contribution in [1.29, 1.82) is 0 Å². The summed E-state index contributed by atoms with van der Waals surface area (Å²) in [5.74, 6) is 0.466. The van der Waals surface area contributed by atoms with Crippen molar-refractivity contribution in [1.82, 2.24) is 0 Å². The lowest BCUT2D eigenvalue weighted by Crippen LogP contribution is -2.19. The first kappa shape index (κ1) is 11.8. The van der Waals surface area contributed by atoms with Crippen LogP contribution in [0.5, 0.6) is 5.75 Å². The molecule has 0 bridgehead atoms. The fraction of sp³-hybridized carbons (Fsp3) is 0.500. The molecule has 0 atom stereocenters. The number of halogens is 1. The van der Waals surface area contributed by atoms with Gasteiger partial charge in [0.25, 0.3) is 0 Å². The van der Waals surface area contributed by atoms with Crippen LogP contribution in [0.4, 0.5) is 0 Å². The van der Waals surface area contributed by atoms with Gasteiger partial charge < -0.3 is 9.84 Å². The predicted octanol–water partition coefficient (Wildman–Crippen LogP) is 3.34. The van der Waals surface area contributed by atoms with Crippen molar-refractivity contribution in [3.05, 3.63) is 28.3 Å². The van der Waals surface area contributed by atoms with Crippen LogP contribution >= 0.6 is 11.6 Å². The first-order valence-corrected chi connectivity index (χ1v) is 6.57. The highest BCUT2D eigenvalue weighted by atomic mass is 35.5. The van der Waals surface area contributed by atoms with Crippen LogP contribution in [-0.2, 0) is 10.2 Å². The van der Waals surface area contributed by atoms with E-state index >= 15 is 0 Å². The second-order valence-corrected chi connectivity index (χ2v) is 5.64. The van der Waals surface area contributed by atoms with Crippen molar-refractivity contribution in [2.24, 2.45) is 0 Å². The number of carboxylic acid groups (broad SMARTS) is 1. The molecule has 0 radical (unpaired) electrons. The average molecular weight is 267 g/mol. The molecular formula is C14H15ClO3. The normalized spacial score (nSPS) is 20.6. The topological polar surface area (TPSA) is 46.5 Å². The molecule has 4 heteroatoms. The van der Waals surface area contributed by atoms with E-state index in [9.17, 15) is 9.90 Å². The largest absolute Gasteiger partial charge is 0.496 e. The molecule has 0 spiro atoms. The van der Waals surface area contributed by atoms with Crippen LogP contribution in [0.3, 0.4) is 0 Å². The SMILES string of the molecule is COc1cc(C2(C(=O)O)CC2)cc(Cl)c1C1CC1. The summed E-state index contributed by atoms with van der Waals surface area (Å²) in [6, 6.07) is 3.68. The Hall–Kier alpha value is -1.22. The minimum Gasteiger partial charge on any atom is -0.496 e. The van der Waals surface area contributed by atoms with E-state index in [4.69, 9.17) is 16.3 Å². The summed E-state index contributed by atoms with van der Waals surface area (Å²) in [7, 11) is 1.61. The molecule has 0 unspecified atom stereocenters. The van der Waals surface area contributed by atoms with Gasteiger partial charge in [0.1, 0.15) is 5.75 Å². The van der Waals surface area contributed by atoms with Crippen LogP contribution in [0.2, 0.25) is 5.02 Å². The van der Waals surface area contributed by atoms with Gasteiger partial charge in [0.2, 0.25) is 0 Å². The third-order valence-corrected chi connectivity index (χ3v) is 4.32. The molecule has 3 rings (SSSR count). The summed E-state index contributed by atoms with van der Waals surface area (Å²) in [6.45, 7) is 0. The quantitative estimate of drug-likeness (QED) is 0.909. The molecule has 0 aromatic heterocycles. The molecule has 1 aromatic carbocycles. The maximum atomic E-state index is 11.3. The Morgan fingerprint density at radius 3 is 2.56 bits per heavy atom. The maximum Gasteiger partial charge on any atom is 0.314 e. The van der Waals surface area contributed by atoms with E-state index in [0.29, 0.717) is 23.8 Å². The lowest BCUT2D eigenvalue weighted by molar-refractivity contribution is -0.140. The number of carbonyl (C=O) groups is 1. The minimum absolute atomic E-state index is 0.487. The molecule has 0 aliphatic heterocycles. The second-order valence-electron chi connectivity index (χ2n) is 5.24. The highest BCUT2D eigenvalue weighted by Gasteiger charge is 2.52. The summed E-state index contributed by atoms with van der Waals surface area (Å²) < 4.78 is 5.39. The van der Waals surface area contributed by atoms with Gasteiger partial charge >= 0.3 is 5.97 Å². The van der Waals surface area contributed by atoms with Crippen molar-refractivity contribution in [2.75, 3.05) is 7.11 Å². The number of carboxylic acids is 1. The van der Waals surface area contributed by atoms with Crippen molar-refractivity contribution >= 4 is 17.6 Å². The molecule has 0 heterocycles. The predicted molar refractivity (Wildman–Crippen MR) is 68.5 cm³/mol. The van der Waals surface area contributed by atoms with Crippen LogP contribution in [0.15, 0.2) is 12.1 Å². The molecule has 2 aliphatic rings. The van der Waals surface area contributed by atoms with E-state index in [2.05, 4.69) is 0 Å². The number of aliphatic carboxylic acids is 1. The number of methoxy groups -OCH3 is 1. The highest BCUT2D eigenvalue weighted by molar-refractivity contribution is 6.31. The Balaban J connectivity index is 2.08. The first-order valence-electron chi connectivity index (χ1n) is 6.20. The molecule has 3 nitrogen and oxygen atoms in total. The zero-order valence-corrected chi connectivity index (χ0v) is 11.0. The van der Waals surface area contributed by atoms with Gasteiger partial charge in [-0.1, -0.05) is 11.6 Å². The molecule has 96 valence electrons. The van der Waals surface area contributed by atoms with Gasteiger partial charge in [-0.2, -0.15) is 0 Å². The summed E-state index contributed by atoms with van der Waals surface area (Å²) in [4.78, 5) is 11.3. The van der Waals surface area contributed by atoms with E-state index in [1.165, 1.54) is 0 Å². The summed E-state index contributed by atoms with van der Waals surface area (Å²) in [6.07, 6.45) is 3.65. The maximum absolute atomic E-state index is 11.3. The van der Waals surface area contributed by atoms with E-state index in [1.807, 2.05) is 12.1 Å². The van der Waals surface area contributed by atoms with Gasteiger partial charge in [-0.25, -0.2) is 0 Å². The molecular weight excluding hydrogens is 252 g/mol. The Bertz CT molecular complexity index is 516. The smallest absolute Gasteiger partial charge is 0.314 e. The van der Waals surface area contributed by atoms with E-state index < -0.39 is 11.4 Å². The van der Waals surface area contributed by atoms with Gasteiger partial charge in [0.05, 0.1) is 12.5 Å². The number of hydrogen-bond acceptors (Lipinski definition) is 2. The lowest BCUT2D eigenvalue weighted by Gasteiger charge is -2.16. The van der Waals surface area contributed by atoms with Crippen molar-refractivity contribution in [3.8, 4) is 5.75 Å². The molecule has 1 aromatic rings. The molecule has 2 aliphatic carbocycles. The van der Waals surface area contributed by atoms with Gasteiger partial charge in [0, 0.05) is 10.6 Å². The van der Waals surface area contributed by atoms with Crippen molar-refractivity contribution in [2.45, 2.75) is 37.0 Å². The van der Waals surface area contributed by atoms with Crippen molar-refractivity contribution < 1.29 is 14.6 Å². The number of benzene rings is 1. The van der Waals surface area contributed by atoms with Gasteiger partial charge in [-0.3, -0.25) is 4.79 Å². The number of rotatable bonds is 4. The summed E-state index contributed by atoms with van der Waals surface area (Å²) in [5.41, 5.74) is 1.10. The number of ether oxygens (including phenoxy) is 1. The molecule has 2 fully saturated rings. The highest BCUT2D eigenvalue weighted by Crippen LogP contribution is 2.53. The van der Waals surface area contributed by atoms with E-state index in [1.54, 1.807) is 7.11 Å². The van der Waals surface area contributed by atoms with Crippen LogP contribution < -0.4 is 4.74 Å². The Kier molecular flexibility index (Phi) is 2.56. The summed E-state index contributed by atoms with van der Waals surface area (Å²) >= 11 is 6.31. The van der Waals surface area contributed by atoms with E-state index in [0.717, 1.165) is 29.7 Å². The zero-order valence-electron chi connectivity index (χ0n) is 10.2. The van der Waals surface area contributed by atoms with Crippen LogP contribution in [0.1, 0.15) is 42.7 Å². The van der Waals surface area contributed by atoms with Crippen molar-refractivity contribution in [3.63, 3.8) is 0 Å². The standard InChI is InChI=1S/C14H15ClO3/c1-18-11-7-9(14(4-5-14)13(16)17)6-10(15)12(11)8-2-3-8/h6-8H,2-5H2,1H3,(H,16,17). The zero-order chi connectivity index (χ0) is 12.9. The fourth-order valence-corrected chi connectivity index (χ4v) is 2.92. The first-order chi connectivity index (χ1) is 8.58. The Labute approximate surface area is 111 Å². The van der Waals surface area contributed by atoms with Crippen LogP contribution in [-0.4, -0.2) is 18.2 Å². The Morgan fingerprint density at radius 2 is 2.11 bits per heavy atom. The lowest BCUT2D eigenvalue weighted by atomic mass is 9.93. The molecule has 2 saturated carbocycles. The third kappa shape index (κ3) is 1.69. The van der Waals surface area contributed by atoms with Gasteiger partial charge in [0.15, 0.2) is 0 Å². The molecule has 0 saturated heterocycles. The number of hydrogen-bond donors (Lipinski definition) is 1. The van der Waals surface area contributed by atoms with Gasteiger partial charge in [-0.15, -0.1) is 0 Å². The molecule has 0 amide bonds. The fourth-order valence-electron chi connectivity index (χ4n) is 2.56. The monoisotopic (exact) mass is 266 g/mol. The van der Waals surface area contributed by atoms with Crippen LogP contribution in [0, 0.1) is 0 Å². The second kappa shape index (κ2) is 3.89. The summed E-state index contributed by atoms with van der Waals surface area (Å²) in [5, 5.41) is 9.97. The average Bonchev–Trinajstić information content (AvgIpc) is 3.19. The van der Waals surface area contributed by atoms with Crippen LogP contribution in [0.25, 0.3) is 0 Å². The van der Waals surface area contributed by atoms with E-state index in [-0.39, 0.29) is 0 Å². The minimum atomic E-state index is -0.764. The molecule has 18 heavy (non-hydrogen) atoms. The third-order valence-electron chi connectivity index (χ3n) is 4.01. The molecule has 1 N–H and O–H groups in total. The van der Waals surface area contributed by atoms with Gasteiger partial charge in [-0.05, 0) is 49.3 Å². The Morgan fingerprint density at radius 1 is 1.44 bits per heavy atom.